The zero-order valence-electron chi connectivity index (χ0n) is 16.8. The van der Waals surface area contributed by atoms with Crippen LogP contribution in [0, 0.1) is 0 Å². The highest BCUT2D eigenvalue weighted by molar-refractivity contribution is 5.87. The summed E-state index contributed by atoms with van der Waals surface area (Å²) in [6.07, 6.45) is 1.85. The molecule has 1 aromatic heterocycles. The van der Waals surface area contributed by atoms with Gasteiger partial charge >= 0.3 is 0 Å². The number of hydrogen-bond acceptors (Lipinski definition) is 4. The zero-order chi connectivity index (χ0) is 20.2. The van der Waals surface area contributed by atoms with Gasteiger partial charge in [-0.25, -0.2) is 0 Å². The molecular weight excluding hydrogens is 362 g/mol. The number of furan rings is 1. The van der Waals surface area contributed by atoms with Crippen molar-refractivity contribution in [1.82, 2.24) is 0 Å². The molecule has 0 unspecified atom stereocenters. The third-order valence-electron chi connectivity index (χ3n) is 4.51. The quantitative estimate of drug-likeness (QED) is 0.349. The summed E-state index contributed by atoms with van der Waals surface area (Å²) in [7, 11) is 1.64. The van der Waals surface area contributed by atoms with Crippen LogP contribution in [0.2, 0.25) is 0 Å². The van der Waals surface area contributed by atoms with Crippen LogP contribution in [-0.4, -0.2) is 19.4 Å². The molecule has 0 fully saturated rings. The van der Waals surface area contributed by atoms with Gasteiger partial charge in [-0.3, -0.25) is 4.99 Å². The Hall–Kier alpha value is -3.53. The molecule has 0 aliphatic rings. The summed E-state index contributed by atoms with van der Waals surface area (Å²) in [5.41, 5.74) is 3.63. The normalized spacial score (nSPS) is 11.4. The van der Waals surface area contributed by atoms with Crippen LogP contribution in [0.1, 0.15) is 19.4 Å². The van der Waals surface area contributed by atoms with E-state index in [9.17, 15) is 0 Å². The minimum absolute atomic E-state index is 0.0431. The molecule has 0 N–H and O–H groups in total. The minimum Gasteiger partial charge on any atom is -0.493 e. The van der Waals surface area contributed by atoms with Gasteiger partial charge in [0.2, 0.25) is 0 Å². The van der Waals surface area contributed by atoms with Crippen LogP contribution < -0.4 is 9.47 Å². The van der Waals surface area contributed by atoms with Gasteiger partial charge in [-0.05, 0) is 62.4 Å². The van der Waals surface area contributed by atoms with E-state index in [1.54, 1.807) is 13.3 Å². The summed E-state index contributed by atoms with van der Waals surface area (Å²) in [6.45, 7) is 3.98. The van der Waals surface area contributed by atoms with E-state index in [0.717, 1.165) is 33.5 Å². The molecule has 4 heteroatoms. The summed E-state index contributed by atoms with van der Waals surface area (Å²) >= 11 is 0. The molecule has 146 valence electrons. The van der Waals surface area contributed by atoms with Gasteiger partial charge in [-0.2, -0.15) is 0 Å². The molecule has 0 aliphatic carbocycles. The lowest BCUT2D eigenvalue weighted by molar-refractivity contribution is 0.230. The molecule has 0 amide bonds. The van der Waals surface area contributed by atoms with Crippen molar-refractivity contribution in [2.24, 2.45) is 4.99 Å². The van der Waals surface area contributed by atoms with Crippen molar-refractivity contribution in [3.8, 4) is 22.8 Å². The van der Waals surface area contributed by atoms with Gasteiger partial charge in [0.15, 0.2) is 11.5 Å². The van der Waals surface area contributed by atoms with Gasteiger partial charge in [-0.1, -0.05) is 24.3 Å². The van der Waals surface area contributed by atoms with Crippen LogP contribution in [0.15, 0.2) is 82.2 Å². The molecule has 0 bridgehead atoms. The van der Waals surface area contributed by atoms with E-state index in [1.165, 1.54) is 0 Å². The lowest BCUT2D eigenvalue weighted by atomic mass is 10.1. The van der Waals surface area contributed by atoms with Gasteiger partial charge in [0.1, 0.15) is 11.3 Å². The lowest BCUT2D eigenvalue weighted by Crippen LogP contribution is -2.08. The molecule has 1 heterocycles. The number of ether oxygens (including phenoxy) is 2. The third kappa shape index (κ3) is 4.16. The lowest BCUT2D eigenvalue weighted by Gasteiger charge is -2.15. The highest BCUT2D eigenvalue weighted by Gasteiger charge is 2.11. The number of methoxy groups -OCH3 is 1. The molecule has 0 saturated carbocycles. The first-order valence-corrected chi connectivity index (χ1v) is 9.61. The number of benzene rings is 3. The van der Waals surface area contributed by atoms with E-state index < -0.39 is 0 Å². The Balaban J connectivity index is 1.58. The Labute approximate surface area is 170 Å². The van der Waals surface area contributed by atoms with Crippen LogP contribution >= 0.6 is 0 Å². The van der Waals surface area contributed by atoms with E-state index in [1.807, 2.05) is 80.6 Å². The molecule has 0 spiro atoms. The Kier molecular flexibility index (Phi) is 5.34. The van der Waals surface area contributed by atoms with Crippen molar-refractivity contribution in [3.05, 3.63) is 78.4 Å². The first kappa shape index (κ1) is 18.8. The summed E-state index contributed by atoms with van der Waals surface area (Å²) in [4.78, 5) is 4.61. The molecule has 3 aromatic carbocycles. The Morgan fingerprint density at radius 2 is 1.72 bits per heavy atom. The second-order valence-electron chi connectivity index (χ2n) is 7.00. The van der Waals surface area contributed by atoms with E-state index >= 15 is 0 Å². The van der Waals surface area contributed by atoms with Crippen LogP contribution in [0.25, 0.3) is 22.3 Å². The zero-order valence-corrected chi connectivity index (χ0v) is 16.8. The second-order valence-corrected chi connectivity index (χ2v) is 7.00. The summed E-state index contributed by atoms with van der Waals surface area (Å²) in [6, 6.07) is 23.8. The molecule has 0 aliphatic heterocycles. The Bertz CT molecular complexity index is 1110. The van der Waals surface area contributed by atoms with Crippen molar-refractivity contribution < 1.29 is 13.9 Å². The number of rotatable bonds is 6. The van der Waals surface area contributed by atoms with E-state index in [4.69, 9.17) is 13.9 Å². The highest BCUT2D eigenvalue weighted by Crippen LogP contribution is 2.32. The largest absolute Gasteiger partial charge is 0.493 e. The first-order valence-electron chi connectivity index (χ1n) is 9.61. The molecular formula is C25H23NO3. The molecule has 4 nitrogen and oxygen atoms in total. The molecule has 29 heavy (non-hydrogen) atoms. The van der Waals surface area contributed by atoms with Gasteiger partial charge in [0, 0.05) is 22.7 Å². The first-order chi connectivity index (χ1) is 14.1. The maximum atomic E-state index is 5.93. The van der Waals surface area contributed by atoms with Crippen LogP contribution in [0.3, 0.4) is 0 Å². The van der Waals surface area contributed by atoms with E-state index in [0.29, 0.717) is 11.5 Å². The topological polar surface area (TPSA) is 44.0 Å². The Morgan fingerprint density at radius 3 is 2.45 bits per heavy atom. The monoisotopic (exact) mass is 385 g/mol. The fraction of sp³-hybridized carbons (Fsp3) is 0.160. The van der Waals surface area contributed by atoms with Gasteiger partial charge < -0.3 is 13.9 Å². The van der Waals surface area contributed by atoms with Crippen LogP contribution in [-0.2, 0) is 0 Å². The average Bonchev–Trinajstić information content (AvgIpc) is 3.17. The maximum absolute atomic E-state index is 5.93. The summed E-state index contributed by atoms with van der Waals surface area (Å²) < 4.78 is 17.3. The number of hydrogen-bond donors (Lipinski definition) is 0. The standard InChI is InChI=1S/C25H23NO3/c1-17(2)28-25-20(8-6-10-23(25)27-3)16-26-21-13-11-18(12-14-21)24-15-19-7-4-5-9-22(19)29-24/h4-17H,1-3H3. The molecule has 0 radical (unpaired) electrons. The second kappa shape index (κ2) is 8.23. The van der Waals surface area contributed by atoms with Crippen LogP contribution in [0.5, 0.6) is 11.5 Å². The highest BCUT2D eigenvalue weighted by atomic mass is 16.5. The predicted molar refractivity (Wildman–Crippen MR) is 118 cm³/mol. The minimum atomic E-state index is 0.0431. The summed E-state index contributed by atoms with van der Waals surface area (Å²) in [5.74, 6) is 2.25. The van der Waals surface area contributed by atoms with Crippen LogP contribution in [0.4, 0.5) is 5.69 Å². The number of fused-ring (bicyclic) bond motifs is 1. The van der Waals surface area contributed by atoms with Crippen molar-refractivity contribution >= 4 is 22.9 Å². The van der Waals surface area contributed by atoms with Gasteiger partial charge in [0.05, 0.1) is 18.9 Å². The number of nitrogens with zero attached hydrogens (tertiary/aromatic N) is 1. The van der Waals surface area contributed by atoms with Crippen molar-refractivity contribution in [2.75, 3.05) is 7.11 Å². The van der Waals surface area contributed by atoms with Gasteiger partial charge in [-0.15, -0.1) is 0 Å². The SMILES string of the molecule is COc1cccc(C=Nc2ccc(-c3cc4ccccc4o3)cc2)c1OC(C)C. The predicted octanol–water partition coefficient (Wildman–Crippen LogP) is 6.65. The molecule has 0 atom stereocenters. The number of para-hydroxylation sites is 2. The smallest absolute Gasteiger partial charge is 0.170 e. The number of aliphatic imine (C=N–C) groups is 1. The van der Waals surface area contributed by atoms with Crippen molar-refractivity contribution in [2.45, 2.75) is 20.0 Å². The maximum Gasteiger partial charge on any atom is 0.170 e. The van der Waals surface area contributed by atoms with E-state index in [-0.39, 0.29) is 6.10 Å². The fourth-order valence-electron chi connectivity index (χ4n) is 3.14. The molecule has 0 saturated heterocycles. The average molecular weight is 385 g/mol. The van der Waals surface area contributed by atoms with Gasteiger partial charge in [0.25, 0.3) is 0 Å². The fourth-order valence-corrected chi connectivity index (χ4v) is 3.14. The molecule has 4 rings (SSSR count). The van der Waals surface area contributed by atoms with Crippen molar-refractivity contribution in [1.29, 1.82) is 0 Å². The van der Waals surface area contributed by atoms with E-state index in [2.05, 4.69) is 11.1 Å². The Morgan fingerprint density at radius 1 is 0.931 bits per heavy atom. The summed E-state index contributed by atoms with van der Waals surface area (Å²) in [5, 5.41) is 1.10. The van der Waals surface area contributed by atoms with Crippen molar-refractivity contribution in [3.63, 3.8) is 0 Å². The molecule has 4 aromatic rings. The third-order valence-corrected chi connectivity index (χ3v) is 4.51.